The number of anilines is 2. The highest BCUT2D eigenvalue weighted by molar-refractivity contribution is 5.71. The predicted octanol–water partition coefficient (Wildman–Crippen LogP) is 2.14. The van der Waals surface area contributed by atoms with Gasteiger partial charge in [-0.3, -0.25) is 13.9 Å². The first-order valence-electron chi connectivity index (χ1n) is 10.1. The monoisotopic (exact) mass is 462 g/mol. The minimum absolute atomic E-state index is 0.0102. The molecule has 1 aliphatic heterocycles. The average molecular weight is 462 g/mol. The van der Waals surface area contributed by atoms with Crippen LogP contribution >= 0.6 is 0 Å². The van der Waals surface area contributed by atoms with Gasteiger partial charge in [0.15, 0.2) is 11.6 Å². The third kappa shape index (κ3) is 4.19. The van der Waals surface area contributed by atoms with Crippen molar-refractivity contribution in [3.8, 4) is 5.75 Å². The van der Waals surface area contributed by atoms with Crippen LogP contribution in [0.2, 0.25) is 0 Å². The lowest BCUT2D eigenvalue weighted by atomic mass is 10.2. The molecule has 1 atom stereocenters. The SMILES string of the molecule is Cn1c2c(c(=O)n(CCCO)c1=O)N(Cc1ccc(F)cc1)C(Oc1cccc(F)c1F)N2. The number of aromatic nitrogens is 2. The van der Waals surface area contributed by atoms with Crippen molar-refractivity contribution in [3.63, 3.8) is 0 Å². The van der Waals surface area contributed by atoms with Crippen molar-refractivity contribution in [2.24, 2.45) is 7.05 Å². The van der Waals surface area contributed by atoms with Crippen LogP contribution in [0.15, 0.2) is 52.1 Å². The second kappa shape index (κ2) is 9.02. The zero-order valence-electron chi connectivity index (χ0n) is 17.6. The Hall–Kier alpha value is -3.73. The van der Waals surface area contributed by atoms with E-state index in [1.54, 1.807) is 0 Å². The van der Waals surface area contributed by atoms with Crippen molar-refractivity contribution in [1.82, 2.24) is 9.13 Å². The maximum absolute atomic E-state index is 14.3. The Morgan fingerprint density at radius 3 is 2.52 bits per heavy atom. The molecule has 4 rings (SSSR count). The first-order chi connectivity index (χ1) is 15.8. The third-order valence-electron chi connectivity index (χ3n) is 5.32. The molecule has 33 heavy (non-hydrogen) atoms. The predicted molar refractivity (Wildman–Crippen MR) is 115 cm³/mol. The molecular weight excluding hydrogens is 441 g/mol. The summed E-state index contributed by atoms with van der Waals surface area (Å²) >= 11 is 0. The molecule has 2 heterocycles. The van der Waals surface area contributed by atoms with Gasteiger partial charge in [-0.25, -0.2) is 13.6 Å². The summed E-state index contributed by atoms with van der Waals surface area (Å²) in [5, 5.41) is 12.0. The Labute approximate surface area is 186 Å². The van der Waals surface area contributed by atoms with Crippen molar-refractivity contribution in [2.45, 2.75) is 25.9 Å². The van der Waals surface area contributed by atoms with E-state index < -0.39 is 40.8 Å². The summed E-state index contributed by atoms with van der Waals surface area (Å²) in [4.78, 5) is 27.4. The second-order valence-corrected chi connectivity index (χ2v) is 7.49. The van der Waals surface area contributed by atoms with Gasteiger partial charge < -0.3 is 20.1 Å². The van der Waals surface area contributed by atoms with Crippen molar-refractivity contribution in [2.75, 3.05) is 16.8 Å². The van der Waals surface area contributed by atoms with E-state index in [0.29, 0.717) is 5.56 Å². The number of aliphatic hydroxyl groups excluding tert-OH is 1. The van der Waals surface area contributed by atoms with Crippen LogP contribution in [0.3, 0.4) is 0 Å². The molecule has 0 saturated heterocycles. The van der Waals surface area contributed by atoms with Gasteiger partial charge in [-0.2, -0.15) is 4.39 Å². The summed E-state index contributed by atoms with van der Waals surface area (Å²) in [6.07, 6.45) is -0.985. The number of rotatable bonds is 7. The number of nitrogens with zero attached hydrogens (tertiary/aromatic N) is 3. The minimum Gasteiger partial charge on any atom is -0.449 e. The molecule has 1 unspecified atom stereocenters. The molecule has 8 nitrogen and oxygen atoms in total. The average Bonchev–Trinajstić information content (AvgIpc) is 3.15. The Kier molecular flexibility index (Phi) is 6.14. The van der Waals surface area contributed by atoms with Gasteiger partial charge in [-0.15, -0.1) is 0 Å². The topological polar surface area (TPSA) is 88.7 Å². The molecule has 0 radical (unpaired) electrons. The number of benzene rings is 2. The van der Waals surface area contributed by atoms with Gasteiger partial charge in [0.1, 0.15) is 17.3 Å². The Bertz CT molecular complexity index is 1290. The fourth-order valence-electron chi connectivity index (χ4n) is 3.65. The van der Waals surface area contributed by atoms with Gasteiger partial charge in [-0.05, 0) is 36.2 Å². The van der Waals surface area contributed by atoms with Crippen molar-refractivity contribution in [3.05, 3.63) is 86.3 Å². The molecular formula is C22H21F3N4O4. The molecule has 0 spiro atoms. The zero-order valence-corrected chi connectivity index (χ0v) is 17.6. The quantitative estimate of drug-likeness (QED) is 0.560. The van der Waals surface area contributed by atoms with Crippen LogP contribution < -0.4 is 26.2 Å². The molecule has 174 valence electrons. The molecule has 11 heteroatoms. The van der Waals surface area contributed by atoms with Crippen LogP contribution in [-0.4, -0.2) is 27.2 Å². The van der Waals surface area contributed by atoms with Gasteiger partial charge >= 0.3 is 5.69 Å². The fourth-order valence-corrected chi connectivity index (χ4v) is 3.65. The second-order valence-electron chi connectivity index (χ2n) is 7.49. The van der Waals surface area contributed by atoms with E-state index in [1.807, 2.05) is 0 Å². The van der Waals surface area contributed by atoms with E-state index in [2.05, 4.69) is 5.32 Å². The summed E-state index contributed by atoms with van der Waals surface area (Å²) < 4.78 is 49.2. The van der Waals surface area contributed by atoms with Crippen LogP contribution in [0.4, 0.5) is 24.7 Å². The largest absolute Gasteiger partial charge is 0.449 e. The van der Waals surface area contributed by atoms with Gasteiger partial charge in [0, 0.05) is 26.7 Å². The molecule has 1 aromatic heterocycles. The van der Waals surface area contributed by atoms with E-state index in [0.717, 1.165) is 10.6 Å². The van der Waals surface area contributed by atoms with E-state index in [9.17, 15) is 22.8 Å². The Balaban J connectivity index is 1.81. The van der Waals surface area contributed by atoms with Gasteiger partial charge in [0.25, 0.3) is 11.9 Å². The molecule has 0 amide bonds. The first kappa shape index (κ1) is 22.5. The number of hydrogen-bond acceptors (Lipinski definition) is 6. The molecule has 1 aliphatic rings. The standard InChI is InChI=1S/C22H21F3N4O4/c1-27-19-18(20(31)28(22(27)32)10-3-11-30)29(12-13-6-8-14(23)9-7-13)21(26-19)33-16-5-2-4-15(24)17(16)25/h2,4-9,21,26,30H,3,10-12H2,1H3. The Morgan fingerprint density at radius 2 is 1.82 bits per heavy atom. The molecule has 2 N–H and O–H groups in total. The minimum atomic E-state index is -1.20. The van der Waals surface area contributed by atoms with Crippen LogP contribution in [-0.2, 0) is 20.1 Å². The molecule has 3 aromatic rings. The van der Waals surface area contributed by atoms with Crippen molar-refractivity contribution in [1.29, 1.82) is 0 Å². The number of nitrogens with one attached hydrogen (secondary N) is 1. The Morgan fingerprint density at radius 1 is 1.09 bits per heavy atom. The molecule has 2 aromatic carbocycles. The normalized spacial score (nSPS) is 14.8. The van der Waals surface area contributed by atoms with Gasteiger partial charge in [0.05, 0.1) is 0 Å². The number of ether oxygens (including phenoxy) is 1. The van der Waals surface area contributed by atoms with Gasteiger partial charge in [-0.1, -0.05) is 18.2 Å². The highest BCUT2D eigenvalue weighted by atomic mass is 19.2. The van der Waals surface area contributed by atoms with Gasteiger partial charge in [0.2, 0.25) is 5.82 Å². The van der Waals surface area contributed by atoms with E-state index in [1.165, 1.54) is 52.9 Å². The molecule has 0 saturated carbocycles. The van der Waals surface area contributed by atoms with Crippen molar-refractivity contribution < 1.29 is 23.0 Å². The number of halogens is 3. The van der Waals surface area contributed by atoms with E-state index in [4.69, 9.17) is 9.84 Å². The molecule has 0 aliphatic carbocycles. The number of fused-ring (bicyclic) bond motifs is 1. The summed E-state index contributed by atoms with van der Waals surface area (Å²) in [7, 11) is 1.45. The highest BCUT2D eigenvalue weighted by Gasteiger charge is 2.37. The smallest absolute Gasteiger partial charge is 0.332 e. The third-order valence-corrected chi connectivity index (χ3v) is 5.32. The van der Waals surface area contributed by atoms with E-state index >= 15 is 0 Å². The summed E-state index contributed by atoms with van der Waals surface area (Å²) in [6.45, 7) is -0.187. The maximum Gasteiger partial charge on any atom is 0.332 e. The van der Waals surface area contributed by atoms with Crippen LogP contribution in [0.5, 0.6) is 5.75 Å². The summed E-state index contributed by atoms with van der Waals surface area (Å²) in [6, 6.07) is 8.98. The maximum atomic E-state index is 14.3. The van der Waals surface area contributed by atoms with Crippen LogP contribution in [0.1, 0.15) is 12.0 Å². The van der Waals surface area contributed by atoms with E-state index in [-0.39, 0.29) is 37.6 Å². The molecule has 0 bridgehead atoms. The lowest BCUT2D eigenvalue weighted by Gasteiger charge is -2.26. The number of hydrogen-bond donors (Lipinski definition) is 2. The number of aliphatic hydroxyl groups is 1. The molecule has 0 fully saturated rings. The summed E-state index contributed by atoms with van der Waals surface area (Å²) in [5.74, 6) is -3.01. The van der Waals surface area contributed by atoms with Crippen molar-refractivity contribution >= 4 is 11.5 Å². The highest BCUT2D eigenvalue weighted by Crippen LogP contribution is 2.33. The van der Waals surface area contributed by atoms with Crippen LogP contribution in [0, 0.1) is 17.5 Å². The first-order valence-corrected chi connectivity index (χ1v) is 10.1. The zero-order chi connectivity index (χ0) is 23.7. The lowest BCUT2D eigenvalue weighted by Crippen LogP contribution is -2.43. The summed E-state index contributed by atoms with van der Waals surface area (Å²) in [5.41, 5.74) is -0.573. The lowest BCUT2D eigenvalue weighted by molar-refractivity contribution is 0.215. The van der Waals surface area contributed by atoms with Crippen LogP contribution in [0.25, 0.3) is 0 Å². The fraction of sp³-hybridized carbons (Fsp3) is 0.273.